The molecule has 2 rings (SSSR count). The molecule has 1 fully saturated rings. The maximum atomic E-state index is 12.1. The molecule has 0 bridgehead atoms. The first kappa shape index (κ1) is 13.9. The zero-order chi connectivity index (χ0) is 14.7. The normalized spacial score (nSPS) is 21.3. The number of rotatable bonds is 2. The number of aliphatic carboxylic acids is 1. The van der Waals surface area contributed by atoms with Gasteiger partial charge in [0.2, 0.25) is 0 Å². The van der Waals surface area contributed by atoms with Crippen LogP contribution in [-0.4, -0.2) is 35.1 Å². The number of hydrogen-bond acceptors (Lipinski definition) is 3. The molecular formula is C14H15N3O3. The van der Waals surface area contributed by atoms with E-state index >= 15 is 0 Å². The number of hydrogen-bond donors (Lipinski definition) is 2. The van der Waals surface area contributed by atoms with E-state index in [2.05, 4.69) is 5.32 Å². The first-order valence-electron chi connectivity index (χ1n) is 6.30. The highest BCUT2D eigenvalue weighted by Crippen LogP contribution is 2.24. The predicted molar refractivity (Wildman–Crippen MR) is 72.0 cm³/mol. The van der Waals surface area contributed by atoms with Crippen molar-refractivity contribution in [3.63, 3.8) is 0 Å². The largest absolute Gasteiger partial charge is 0.481 e. The van der Waals surface area contributed by atoms with E-state index in [0.29, 0.717) is 17.8 Å². The molecule has 0 aromatic heterocycles. The molecule has 6 heteroatoms. The third kappa shape index (κ3) is 2.72. The Balaban J connectivity index is 2.07. The van der Waals surface area contributed by atoms with Crippen molar-refractivity contribution >= 4 is 17.7 Å². The van der Waals surface area contributed by atoms with Gasteiger partial charge in [0.25, 0.3) is 0 Å². The molecule has 1 heterocycles. The van der Waals surface area contributed by atoms with Gasteiger partial charge in [0, 0.05) is 13.1 Å². The van der Waals surface area contributed by atoms with Gasteiger partial charge < -0.3 is 15.3 Å². The van der Waals surface area contributed by atoms with E-state index in [1.807, 2.05) is 13.0 Å². The van der Waals surface area contributed by atoms with Gasteiger partial charge in [-0.2, -0.15) is 5.26 Å². The van der Waals surface area contributed by atoms with Gasteiger partial charge in [-0.05, 0) is 18.1 Å². The quantitative estimate of drug-likeness (QED) is 0.858. The van der Waals surface area contributed by atoms with Crippen molar-refractivity contribution in [2.45, 2.75) is 6.92 Å². The average Bonchev–Trinajstić information content (AvgIpc) is 2.81. The summed E-state index contributed by atoms with van der Waals surface area (Å²) in [6.45, 7) is 2.41. The number of para-hydroxylation sites is 1. The van der Waals surface area contributed by atoms with Crippen LogP contribution in [0.4, 0.5) is 10.5 Å². The number of carbonyl (C=O) groups is 2. The number of benzene rings is 1. The van der Waals surface area contributed by atoms with Crippen LogP contribution in [0.1, 0.15) is 12.5 Å². The number of anilines is 1. The number of urea groups is 1. The fourth-order valence-corrected chi connectivity index (χ4v) is 2.34. The van der Waals surface area contributed by atoms with Gasteiger partial charge in [0.1, 0.15) is 6.07 Å². The summed E-state index contributed by atoms with van der Waals surface area (Å²) in [7, 11) is 0. The second-order valence-electron chi connectivity index (χ2n) is 4.91. The molecule has 0 saturated carbocycles. The molecule has 2 N–H and O–H groups in total. The number of carboxylic acid groups (broad SMARTS) is 1. The molecule has 6 nitrogen and oxygen atoms in total. The van der Waals surface area contributed by atoms with E-state index in [9.17, 15) is 9.59 Å². The van der Waals surface area contributed by atoms with Gasteiger partial charge in [-0.25, -0.2) is 4.79 Å². The lowest BCUT2D eigenvalue weighted by Gasteiger charge is -2.17. The maximum Gasteiger partial charge on any atom is 0.321 e. The molecule has 1 aromatic rings. The first-order chi connectivity index (χ1) is 9.52. The number of likely N-dealkylation sites (tertiary alicyclic amines) is 1. The number of carboxylic acids is 1. The van der Waals surface area contributed by atoms with E-state index in [1.54, 1.807) is 24.3 Å². The van der Waals surface area contributed by atoms with Gasteiger partial charge in [0.15, 0.2) is 0 Å². The summed E-state index contributed by atoms with van der Waals surface area (Å²) in [4.78, 5) is 24.6. The van der Waals surface area contributed by atoms with Crippen LogP contribution < -0.4 is 5.32 Å². The number of nitriles is 1. The Kier molecular flexibility index (Phi) is 3.89. The minimum atomic E-state index is -0.884. The highest BCUT2D eigenvalue weighted by molar-refractivity contribution is 5.91. The van der Waals surface area contributed by atoms with Crippen LogP contribution in [0.3, 0.4) is 0 Å². The number of nitrogens with zero attached hydrogens (tertiary/aromatic N) is 2. The monoisotopic (exact) mass is 273 g/mol. The lowest BCUT2D eigenvalue weighted by atomic mass is 9.99. The van der Waals surface area contributed by atoms with E-state index in [-0.39, 0.29) is 18.5 Å². The fraction of sp³-hybridized carbons (Fsp3) is 0.357. The van der Waals surface area contributed by atoms with E-state index in [4.69, 9.17) is 10.4 Å². The molecule has 0 spiro atoms. The molecule has 0 radical (unpaired) electrons. The van der Waals surface area contributed by atoms with Crippen molar-refractivity contribution in [3.05, 3.63) is 29.8 Å². The van der Waals surface area contributed by atoms with Crippen molar-refractivity contribution in [1.29, 1.82) is 5.26 Å². The molecule has 1 saturated heterocycles. The maximum absolute atomic E-state index is 12.1. The van der Waals surface area contributed by atoms with Gasteiger partial charge in [0.05, 0.1) is 17.2 Å². The summed E-state index contributed by atoms with van der Waals surface area (Å²) < 4.78 is 0. The van der Waals surface area contributed by atoms with Crippen LogP contribution in [0.25, 0.3) is 0 Å². The second-order valence-corrected chi connectivity index (χ2v) is 4.91. The van der Waals surface area contributed by atoms with Crippen molar-refractivity contribution < 1.29 is 14.7 Å². The molecule has 104 valence electrons. The molecule has 1 aliphatic heterocycles. The number of carbonyl (C=O) groups excluding carboxylic acids is 1. The van der Waals surface area contributed by atoms with Gasteiger partial charge in [-0.1, -0.05) is 19.1 Å². The minimum Gasteiger partial charge on any atom is -0.481 e. The summed E-state index contributed by atoms with van der Waals surface area (Å²) in [6, 6.07) is 8.33. The summed E-state index contributed by atoms with van der Waals surface area (Å²) >= 11 is 0. The zero-order valence-electron chi connectivity index (χ0n) is 11.0. The van der Waals surface area contributed by atoms with Crippen LogP contribution in [0.5, 0.6) is 0 Å². The molecule has 20 heavy (non-hydrogen) atoms. The molecule has 1 aliphatic rings. The Morgan fingerprint density at radius 1 is 1.40 bits per heavy atom. The Labute approximate surface area is 116 Å². The molecule has 0 aliphatic carbocycles. The van der Waals surface area contributed by atoms with Crippen molar-refractivity contribution in [2.75, 3.05) is 18.4 Å². The molecule has 0 unspecified atom stereocenters. The lowest BCUT2D eigenvalue weighted by Crippen LogP contribution is -2.34. The van der Waals surface area contributed by atoms with E-state index in [0.717, 1.165) is 0 Å². The highest BCUT2D eigenvalue weighted by atomic mass is 16.4. The Hall–Kier alpha value is -2.55. The molecule has 2 amide bonds. The Bertz CT molecular complexity index is 579. The summed E-state index contributed by atoms with van der Waals surface area (Å²) in [5.74, 6) is -1.50. The van der Waals surface area contributed by atoms with Gasteiger partial charge in [-0.3, -0.25) is 4.79 Å². The van der Waals surface area contributed by atoms with Crippen LogP contribution in [0.2, 0.25) is 0 Å². The molecule has 2 atom stereocenters. The van der Waals surface area contributed by atoms with Crippen molar-refractivity contribution in [1.82, 2.24) is 4.90 Å². The molecular weight excluding hydrogens is 258 g/mol. The third-order valence-corrected chi connectivity index (χ3v) is 3.51. The predicted octanol–water partition coefficient (Wildman–Crippen LogP) is 1.74. The van der Waals surface area contributed by atoms with Gasteiger partial charge in [-0.15, -0.1) is 0 Å². The summed E-state index contributed by atoms with van der Waals surface area (Å²) in [5.41, 5.74) is 0.814. The topological polar surface area (TPSA) is 93.4 Å². The average molecular weight is 273 g/mol. The summed E-state index contributed by atoms with van der Waals surface area (Å²) in [5, 5.41) is 20.7. The standard InChI is InChI=1S/C14H15N3O3/c1-9-7-17(8-11(9)13(18)19)14(20)16-12-5-3-2-4-10(12)6-15/h2-5,9,11H,7-8H2,1H3,(H,16,20)(H,18,19)/t9-,11-/m1/s1. The third-order valence-electron chi connectivity index (χ3n) is 3.51. The molecule has 1 aromatic carbocycles. The minimum absolute atomic E-state index is 0.0792. The van der Waals surface area contributed by atoms with Crippen molar-refractivity contribution in [2.24, 2.45) is 11.8 Å². The second kappa shape index (κ2) is 5.61. The Morgan fingerprint density at radius 2 is 2.10 bits per heavy atom. The van der Waals surface area contributed by atoms with Crippen LogP contribution in [0.15, 0.2) is 24.3 Å². The summed E-state index contributed by atoms with van der Waals surface area (Å²) in [6.07, 6.45) is 0. The van der Waals surface area contributed by atoms with Gasteiger partial charge >= 0.3 is 12.0 Å². The zero-order valence-corrected chi connectivity index (χ0v) is 11.0. The van der Waals surface area contributed by atoms with E-state index < -0.39 is 11.9 Å². The lowest BCUT2D eigenvalue weighted by molar-refractivity contribution is -0.142. The van der Waals surface area contributed by atoms with E-state index in [1.165, 1.54) is 4.90 Å². The fourth-order valence-electron chi connectivity index (χ4n) is 2.34. The SMILES string of the molecule is C[C@@H]1CN(C(=O)Nc2ccccc2C#N)C[C@H]1C(=O)O. The van der Waals surface area contributed by atoms with Crippen LogP contribution in [0, 0.1) is 23.2 Å². The van der Waals surface area contributed by atoms with Crippen LogP contribution in [-0.2, 0) is 4.79 Å². The van der Waals surface area contributed by atoms with Crippen molar-refractivity contribution in [3.8, 4) is 6.07 Å². The number of amides is 2. The Morgan fingerprint density at radius 3 is 2.70 bits per heavy atom. The first-order valence-corrected chi connectivity index (χ1v) is 6.30. The smallest absolute Gasteiger partial charge is 0.321 e. The van der Waals surface area contributed by atoms with Crippen LogP contribution >= 0.6 is 0 Å². The number of nitrogens with one attached hydrogen (secondary N) is 1. The highest BCUT2D eigenvalue weighted by Gasteiger charge is 2.37.